The van der Waals surface area contributed by atoms with E-state index >= 15 is 0 Å². The third kappa shape index (κ3) is 3.90. The Balaban J connectivity index is 1.89. The van der Waals surface area contributed by atoms with Crippen molar-refractivity contribution in [3.8, 4) is 11.5 Å². The fourth-order valence-corrected chi connectivity index (χ4v) is 3.39. The minimum Gasteiger partial charge on any atom is -0.481 e. The van der Waals surface area contributed by atoms with Gasteiger partial charge >= 0.3 is 5.97 Å². The molecule has 3 rings (SSSR count). The first kappa shape index (κ1) is 18.1. The fraction of sp³-hybridized carbons (Fsp3) is 0.318. The number of ether oxygens (including phenoxy) is 1. The molecule has 0 amide bonds. The molecule has 0 aliphatic carbocycles. The molecule has 0 unspecified atom stereocenters. The van der Waals surface area contributed by atoms with Gasteiger partial charge in [0.1, 0.15) is 11.5 Å². The maximum absolute atomic E-state index is 10.9. The summed E-state index contributed by atoms with van der Waals surface area (Å²) in [7, 11) is 0. The van der Waals surface area contributed by atoms with Crippen LogP contribution < -0.4 is 4.74 Å². The van der Waals surface area contributed by atoms with Crippen LogP contribution in [0.15, 0.2) is 36.5 Å². The van der Waals surface area contributed by atoms with Crippen molar-refractivity contribution in [3.63, 3.8) is 0 Å². The summed E-state index contributed by atoms with van der Waals surface area (Å²) in [6, 6.07) is 9.87. The number of hydrogen-bond donors (Lipinski definition) is 2. The van der Waals surface area contributed by atoms with Gasteiger partial charge < -0.3 is 14.8 Å². The van der Waals surface area contributed by atoms with E-state index in [-0.39, 0.29) is 6.42 Å². The Morgan fingerprint density at radius 2 is 1.88 bits per heavy atom. The van der Waals surface area contributed by atoms with Crippen molar-refractivity contribution >= 4 is 16.9 Å². The van der Waals surface area contributed by atoms with E-state index in [1.807, 2.05) is 38.1 Å². The lowest BCUT2D eigenvalue weighted by atomic mass is 10.0. The Labute approximate surface area is 153 Å². The molecule has 136 valence electrons. The first-order valence-electron chi connectivity index (χ1n) is 9.07. The van der Waals surface area contributed by atoms with Crippen molar-refractivity contribution in [2.24, 2.45) is 0 Å². The number of carboxylic acids is 1. The fourth-order valence-electron chi connectivity index (χ4n) is 3.39. The Kier molecular flexibility index (Phi) is 5.31. The molecule has 0 aliphatic heterocycles. The first-order chi connectivity index (χ1) is 12.5. The van der Waals surface area contributed by atoms with E-state index in [1.165, 1.54) is 23.8 Å². The minimum atomic E-state index is -0.824. The number of nitrogens with one attached hydrogen (secondary N) is 1. The third-order valence-electron chi connectivity index (χ3n) is 4.63. The lowest BCUT2D eigenvalue weighted by Gasteiger charge is -2.14. The number of carbonyl (C=O) groups is 1. The maximum Gasteiger partial charge on any atom is 0.307 e. The zero-order chi connectivity index (χ0) is 18.7. The van der Waals surface area contributed by atoms with Crippen LogP contribution in [0.3, 0.4) is 0 Å². The van der Waals surface area contributed by atoms with Gasteiger partial charge in [-0.1, -0.05) is 25.5 Å². The standard InChI is InChI=1S/C22H25NO3/c1-4-5-6-17-13-23-20-8-7-18(12-19(17)20)26-22-14(2)9-16(10-15(22)3)11-21(24)25/h7-10,12-13,23H,4-6,11H2,1-3H3,(H,24,25). The van der Waals surface area contributed by atoms with Crippen LogP contribution in [0.1, 0.15) is 42.0 Å². The molecule has 0 bridgehead atoms. The van der Waals surface area contributed by atoms with E-state index in [0.717, 1.165) is 40.1 Å². The largest absolute Gasteiger partial charge is 0.481 e. The predicted octanol–water partition coefficient (Wildman–Crippen LogP) is 5.55. The number of aromatic nitrogens is 1. The first-order valence-corrected chi connectivity index (χ1v) is 9.07. The second kappa shape index (κ2) is 7.65. The Hall–Kier alpha value is -2.75. The molecule has 0 radical (unpaired) electrons. The highest BCUT2D eigenvalue weighted by Gasteiger charge is 2.11. The van der Waals surface area contributed by atoms with E-state index < -0.39 is 5.97 Å². The van der Waals surface area contributed by atoms with Crippen LogP contribution in [0.2, 0.25) is 0 Å². The highest BCUT2D eigenvalue weighted by atomic mass is 16.5. The van der Waals surface area contributed by atoms with E-state index in [1.54, 1.807) is 0 Å². The summed E-state index contributed by atoms with van der Waals surface area (Å²) < 4.78 is 6.18. The molecule has 4 nitrogen and oxygen atoms in total. The third-order valence-corrected chi connectivity index (χ3v) is 4.63. The second-order valence-corrected chi connectivity index (χ2v) is 6.86. The molecule has 0 fully saturated rings. The average Bonchev–Trinajstić information content (AvgIpc) is 2.98. The highest BCUT2D eigenvalue weighted by Crippen LogP contribution is 2.32. The Morgan fingerprint density at radius 3 is 2.54 bits per heavy atom. The quantitative estimate of drug-likeness (QED) is 0.587. The normalized spacial score (nSPS) is 11.0. The minimum absolute atomic E-state index is 0.0259. The molecule has 0 saturated carbocycles. The number of aryl methyl sites for hydroxylation is 3. The molecule has 3 aromatic rings. The van der Waals surface area contributed by atoms with Crippen LogP contribution in [-0.4, -0.2) is 16.1 Å². The maximum atomic E-state index is 10.9. The number of aliphatic carboxylic acids is 1. The van der Waals surface area contributed by atoms with Crippen LogP contribution >= 0.6 is 0 Å². The summed E-state index contributed by atoms with van der Waals surface area (Å²) in [5.74, 6) is 0.770. The SMILES string of the molecule is CCCCc1c[nH]c2ccc(Oc3c(C)cc(CC(=O)O)cc3C)cc12. The number of H-pyrrole nitrogens is 1. The molecule has 4 heteroatoms. The molecule has 0 spiro atoms. The van der Waals surface area contributed by atoms with Crippen LogP contribution in [0.4, 0.5) is 0 Å². The van der Waals surface area contributed by atoms with Crippen molar-refractivity contribution in [3.05, 3.63) is 58.8 Å². The van der Waals surface area contributed by atoms with Crippen molar-refractivity contribution in [2.75, 3.05) is 0 Å². The van der Waals surface area contributed by atoms with Gasteiger partial charge in [0, 0.05) is 17.1 Å². The van der Waals surface area contributed by atoms with Crippen LogP contribution in [-0.2, 0) is 17.6 Å². The van der Waals surface area contributed by atoms with E-state index in [4.69, 9.17) is 9.84 Å². The smallest absolute Gasteiger partial charge is 0.307 e. The summed E-state index contributed by atoms with van der Waals surface area (Å²) in [5, 5.41) is 10.2. The molecular formula is C22H25NO3. The van der Waals surface area contributed by atoms with Gasteiger partial charge in [-0.3, -0.25) is 4.79 Å². The molecule has 2 aromatic carbocycles. The predicted molar refractivity (Wildman–Crippen MR) is 104 cm³/mol. The van der Waals surface area contributed by atoms with Gasteiger partial charge in [0.05, 0.1) is 6.42 Å². The molecular weight excluding hydrogens is 326 g/mol. The molecule has 0 aliphatic rings. The highest BCUT2D eigenvalue weighted by molar-refractivity contribution is 5.84. The summed E-state index contributed by atoms with van der Waals surface area (Å²) >= 11 is 0. The molecule has 1 aromatic heterocycles. The summed E-state index contributed by atoms with van der Waals surface area (Å²) in [4.78, 5) is 14.3. The number of benzene rings is 2. The number of fused-ring (bicyclic) bond motifs is 1. The second-order valence-electron chi connectivity index (χ2n) is 6.86. The average molecular weight is 351 g/mol. The number of carboxylic acid groups (broad SMARTS) is 1. The number of rotatable bonds is 7. The molecule has 26 heavy (non-hydrogen) atoms. The number of unbranched alkanes of at least 4 members (excludes halogenated alkanes) is 1. The summed E-state index contributed by atoms with van der Waals surface area (Å²) in [6.45, 7) is 6.10. The molecule has 1 heterocycles. The van der Waals surface area contributed by atoms with Gasteiger partial charge in [-0.2, -0.15) is 0 Å². The Morgan fingerprint density at radius 1 is 1.15 bits per heavy atom. The van der Waals surface area contributed by atoms with Gasteiger partial charge in [0.2, 0.25) is 0 Å². The van der Waals surface area contributed by atoms with Crippen molar-refractivity contribution < 1.29 is 14.6 Å². The van der Waals surface area contributed by atoms with Gasteiger partial charge in [-0.25, -0.2) is 0 Å². The monoisotopic (exact) mass is 351 g/mol. The summed E-state index contributed by atoms with van der Waals surface area (Å²) in [5.41, 5.74) is 5.12. The van der Waals surface area contributed by atoms with E-state index in [9.17, 15) is 4.79 Å². The van der Waals surface area contributed by atoms with Crippen molar-refractivity contribution in [1.29, 1.82) is 0 Å². The molecule has 0 atom stereocenters. The van der Waals surface area contributed by atoms with Gasteiger partial charge in [0.25, 0.3) is 0 Å². The lowest BCUT2D eigenvalue weighted by Crippen LogP contribution is -2.02. The van der Waals surface area contributed by atoms with Crippen LogP contribution in [0.5, 0.6) is 11.5 Å². The topological polar surface area (TPSA) is 62.3 Å². The molecule has 2 N–H and O–H groups in total. The van der Waals surface area contributed by atoms with Gasteiger partial charge in [-0.15, -0.1) is 0 Å². The van der Waals surface area contributed by atoms with E-state index in [0.29, 0.717) is 0 Å². The van der Waals surface area contributed by atoms with Gasteiger partial charge in [0.15, 0.2) is 0 Å². The summed E-state index contributed by atoms with van der Waals surface area (Å²) in [6.07, 6.45) is 5.51. The number of hydrogen-bond acceptors (Lipinski definition) is 2. The van der Waals surface area contributed by atoms with Crippen LogP contribution in [0, 0.1) is 13.8 Å². The molecule has 0 saturated heterocycles. The van der Waals surface area contributed by atoms with Gasteiger partial charge in [-0.05, 0) is 67.1 Å². The van der Waals surface area contributed by atoms with Crippen LogP contribution in [0.25, 0.3) is 10.9 Å². The Bertz CT molecular complexity index is 917. The number of aromatic amines is 1. The zero-order valence-electron chi connectivity index (χ0n) is 15.6. The van der Waals surface area contributed by atoms with E-state index in [2.05, 4.69) is 24.2 Å². The zero-order valence-corrected chi connectivity index (χ0v) is 15.6. The van der Waals surface area contributed by atoms with Crippen molar-refractivity contribution in [2.45, 2.75) is 46.5 Å². The van der Waals surface area contributed by atoms with Crippen molar-refractivity contribution in [1.82, 2.24) is 4.98 Å². The lowest BCUT2D eigenvalue weighted by molar-refractivity contribution is -0.136.